The van der Waals surface area contributed by atoms with Gasteiger partial charge in [0.25, 0.3) is 11.8 Å². The number of oxime groups is 1. The van der Waals surface area contributed by atoms with Gasteiger partial charge in [-0.25, -0.2) is 9.78 Å². The SMILES string of the molecule is C=CCON=C(C(=O)NC1C(=O)N2C(C(=O)O)=C(SC=Cc3cccnc3)CS[C@@H]12)c1csc(NC=O)n1. The van der Waals surface area contributed by atoms with Crippen LogP contribution in [0.2, 0.25) is 0 Å². The second kappa shape index (κ2) is 12.5. The molecule has 1 unspecified atom stereocenters. The maximum absolute atomic E-state index is 13.1. The lowest BCUT2D eigenvalue weighted by Crippen LogP contribution is -2.71. The van der Waals surface area contributed by atoms with E-state index in [-0.39, 0.29) is 28.8 Å². The van der Waals surface area contributed by atoms with E-state index in [4.69, 9.17) is 4.84 Å². The zero-order chi connectivity index (χ0) is 27.1. The van der Waals surface area contributed by atoms with Gasteiger partial charge in [-0.2, -0.15) is 0 Å². The third kappa shape index (κ3) is 5.95. The molecular weight excluding hydrogens is 552 g/mol. The summed E-state index contributed by atoms with van der Waals surface area (Å²) in [5.41, 5.74) is 0.661. The minimum Gasteiger partial charge on any atom is -0.477 e. The van der Waals surface area contributed by atoms with Crippen molar-refractivity contribution in [3.63, 3.8) is 0 Å². The Morgan fingerprint density at radius 3 is 2.97 bits per heavy atom. The Kier molecular flexibility index (Phi) is 8.93. The number of hydrogen-bond acceptors (Lipinski definition) is 11. The first kappa shape index (κ1) is 27.1. The van der Waals surface area contributed by atoms with Gasteiger partial charge in [0, 0.05) is 28.4 Å². The molecule has 0 saturated carbocycles. The number of nitrogens with one attached hydrogen (secondary N) is 2. The van der Waals surface area contributed by atoms with E-state index in [1.807, 2.05) is 6.07 Å². The number of carboxylic acids is 1. The summed E-state index contributed by atoms with van der Waals surface area (Å²) >= 11 is 3.62. The molecule has 3 amide bonds. The predicted molar refractivity (Wildman–Crippen MR) is 145 cm³/mol. The van der Waals surface area contributed by atoms with Crippen molar-refractivity contribution in [3.05, 3.63) is 69.8 Å². The molecule has 0 spiro atoms. The highest BCUT2D eigenvalue weighted by molar-refractivity contribution is 8.08. The molecule has 2 aromatic rings. The summed E-state index contributed by atoms with van der Waals surface area (Å²) in [6.07, 6.45) is 7.01. The van der Waals surface area contributed by atoms with Gasteiger partial charge in [0.1, 0.15) is 29.4 Å². The number of β-lactam (4-membered cyclic amide) rings is 1. The Labute approximate surface area is 228 Å². The molecule has 4 heterocycles. The molecule has 15 heteroatoms. The number of pyridine rings is 1. The summed E-state index contributed by atoms with van der Waals surface area (Å²) in [7, 11) is 0. The van der Waals surface area contributed by atoms with E-state index in [0.29, 0.717) is 17.1 Å². The maximum atomic E-state index is 13.1. The van der Waals surface area contributed by atoms with Crippen LogP contribution < -0.4 is 10.6 Å². The van der Waals surface area contributed by atoms with Crippen molar-refractivity contribution < 1.29 is 29.1 Å². The van der Waals surface area contributed by atoms with Crippen LogP contribution in [0.3, 0.4) is 0 Å². The standard InChI is InChI=1S/C23H20N6O6S3/c1-2-7-35-28-16(14-10-38-23(26-14)25-12-30)19(31)27-17-20(32)29-18(22(33)34)15(11-37-21(17)29)36-8-5-13-4-3-6-24-9-13/h2-6,8-10,12,17,21H,1,7,11H2,(H,27,31)(H,33,34)(H,25,26,30)/t17?,21-/m0/s1. The number of thiazole rings is 1. The fourth-order valence-corrected chi connectivity index (χ4v) is 6.43. The highest BCUT2D eigenvalue weighted by atomic mass is 32.2. The van der Waals surface area contributed by atoms with Crippen LogP contribution >= 0.6 is 34.9 Å². The zero-order valence-corrected chi connectivity index (χ0v) is 21.9. The number of carbonyl (C=O) groups excluding carboxylic acids is 3. The van der Waals surface area contributed by atoms with Gasteiger partial charge in [-0.15, -0.1) is 23.1 Å². The average molecular weight is 573 g/mol. The summed E-state index contributed by atoms with van der Waals surface area (Å²) in [4.78, 5) is 63.8. The number of rotatable bonds is 12. The molecule has 0 radical (unpaired) electrons. The van der Waals surface area contributed by atoms with Crippen LogP contribution in [-0.2, 0) is 24.0 Å². The Morgan fingerprint density at radius 1 is 1.42 bits per heavy atom. The average Bonchev–Trinajstić information content (AvgIpc) is 3.38. The van der Waals surface area contributed by atoms with Gasteiger partial charge < -0.3 is 20.6 Å². The van der Waals surface area contributed by atoms with Gasteiger partial charge in [-0.3, -0.25) is 24.3 Å². The lowest BCUT2D eigenvalue weighted by molar-refractivity contribution is -0.150. The number of nitrogens with zero attached hydrogens (tertiary/aromatic N) is 4. The fourth-order valence-electron chi connectivity index (χ4n) is 3.42. The predicted octanol–water partition coefficient (Wildman–Crippen LogP) is 2.11. The third-order valence-corrected chi connectivity index (χ3v) is 8.20. The van der Waals surface area contributed by atoms with E-state index in [9.17, 15) is 24.3 Å². The number of aromatic nitrogens is 2. The van der Waals surface area contributed by atoms with Crippen molar-refractivity contribution in [2.24, 2.45) is 5.16 Å². The van der Waals surface area contributed by atoms with E-state index in [2.05, 4.69) is 32.3 Å². The molecule has 2 aliphatic rings. The molecule has 0 aliphatic carbocycles. The fraction of sp³-hybridized carbons (Fsp3) is 0.174. The molecule has 4 rings (SSSR count). The number of anilines is 1. The number of aliphatic carboxylic acids is 1. The Hall–Kier alpha value is -3.95. The first-order chi connectivity index (χ1) is 18.4. The third-order valence-electron chi connectivity index (χ3n) is 5.07. The Bertz CT molecular complexity index is 1340. The van der Waals surface area contributed by atoms with Gasteiger partial charge in [0.15, 0.2) is 10.8 Å². The number of thioether (sulfide) groups is 2. The zero-order valence-electron chi connectivity index (χ0n) is 19.5. The Morgan fingerprint density at radius 2 is 2.26 bits per heavy atom. The maximum Gasteiger partial charge on any atom is 0.353 e. The van der Waals surface area contributed by atoms with Crippen LogP contribution in [0.4, 0.5) is 5.13 Å². The first-order valence-electron chi connectivity index (χ1n) is 10.9. The number of carbonyl (C=O) groups is 4. The summed E-state index contributed by atoms with van der Waals surface area (Å²) in [5, 5.41) is 21.6. The van der Waals surface area contributed by atoms with Crippen LogP contribution in [0.1, 0.15) is 11.3 Å². The molecule has 1 saturated heterocycles. The normalized spacial score (nSPS) is 19.0. The molecule has 12 nitrogen and oxygen atoms in total. The molecule has 0 aromatic carbocycles. The van der Waals surface area contributed by atoms with E-state index in [1.165, 1.54) is 39.9 Å². The molecule has 2 atom stereocenters. The van der Waals surface area contributed by atoms with E-state index >= 15 is 0 Å². The minimum absolute atomic E-state index is 0.0252. The van der Waals surface area contributed by atoms with E-state index in [1.54, 1.807) is 29.9 Å². The quantitative estimate of drug-likeness (QED) is 0.0857. The highest BCUT2D eigenvalue weighted by Crippen LogP contribution is 2.43. The van der Waals surface area contributed by atoms with Crippen molar-refractivity contribution >= 4 is 76.0 Å². The van der Waals surface area contributed by atoms with Gasteiger partial charge in [-0.05, 0) is 23.1 Å². The second-order valence-electron chi connectivity index (χ2n) is 7.47. The summed E-state index contributed by atoms with van der Waals surface area (Å²) in [6.45, 7) is 3.54. The molecule has 3 N–H and O–H groups in total. The monoisotopic (exact) mass is 572 g/mol. The highest BCUT2D eigenvalue weighted by Gasteiger charge is 2.54. The molecule has 38 heavy (non-hydrogen) atoms. The van der Waals surface area contributed by atoms with Crippen LogP contribution in [0.5, 0.6) is 0 Å². The number of fused-ring (bicyclic) bond motifs is 1. The van der Waals surface area contributed by atoms with Crippen LogP contribution in [0.25, 0.3) is 6.08 Å². The van der Waals surface area contributed by atoms with Gasteiger partial charge in [-0.1, -0.05) is 35.6 Å². The minimum atomic E-state index is -1.23. The Balaban J connectivity index is 1.49. The lowest BCUT2D eigenvalue weighted by Gasteiger charge is -2.49. The van der Waals surface area contributed by atoms with Crippen molar-refractivity contribution in [1.82, 2.24) is 20.2 Å². The van der Waals surface area contributed by atoms with Crippen molar-refractivity contribution in [1.29, 1.82) is 0 Å². The topological polar surface area (TPSA) is 163 Å². The van der Waals surface area contributed by atoms with Crippen LogP contribution in [0, 0.1) is 0 Å². The number of amides is 3. The molecule has 196 valence electrons. The van der Waals surface area contributed by atoms with E-state index < -0.39 is 29.2 Å². The second-order valence-corrected chi connectivity index (χ2v) is 10.4. The smallest absolute Gasteiger partial charge is 0.353 e. The summed E-state index contributed by atoms with van der Waals surface area (Å²) in [6, 6.07) is 2.67. The molecule has 2 aliphatic heterocycles. The number of carboxylic acid groups (broad SMARTS) is 1. The van der Waals surface area contributed by atoms with Crippen molar-refractivity contribution in [2.45, 2.75) is 11.4 Å². The molecule has 2 aromatic heterocycles. The van der Waals surface area contributed by atoms with Gasteiger partial charge in [0.05, 0.1) is 0 Å². The van der Waals surface area contributed by atoms with Crippen molar-refractivity contribution in [2.75, 3.05) is 17.7 Å². The first-order valence-corrected chi connectivity index (χ1v) is 13.7. The summed E-state index contributed by atoms with van der Waals surface area (Å²) < 4.78 is 0. The molecule has 0 bridgehead atoms. The van der Waals surface area contributed by atoms with Crippen molar-refractivity contribution in [3.8, 4) is 0 Å². The van der Waals surface area contributed by atoms with Gasteiger partial charge in [0.2, 0.25) is 6.41 Å². The largest absolute Gasteiger partial charge is 0.477 e. The summed E-state index contributed by atoms with van der Waals surface area (Å²) in [5.74, 6) is -2.20. The van der Waals surface area contributed by atoms with Crippen LogP contribution in [-0.4, -0.2) is 73.7 Å². The lowest BCUT2D eigenvalue weighted by atomic mass is 10.0. The molecule has 1 fully saturated rings. The van der Waals surface area contributed by atoms with Gasteiger partial charge >= 0.3 is 5.97 Å². The van der Waals surface area contributed by atoms with E-state index in [0.717, 1.165) is 16.9 Å². The van der Waals surface area contributed by atoms with Crippen LogP contribution in [0.15, 0.2) is 63.7 Å². The number of hydrogen-bond donors (Lipinski definition) is 3. The molecular formula is C23H20N6O6S3.